The first-order chi connectivity index (χ1) is 8.65. The van der Waals surface area contributed by atoms with Gasteiger partial charge in [-0.2, -0.15) is 5.10 Å². The van der Waals surface area contributed by atoms with Crippen LogP contribution in [-0.4, -0.2) is 9.78 Å². The summed E-state index contributed by atoms with van der Waals surface area (Å²) >= 11 is 5.25. The minimum Gasteiger partial charge on any atom is -0.272 e. The SMILES string of the molecule is CCCn1cc(C(NN)c2cc(C)c(Br)s2)cn1. The molecule has 0 fully saturated rings. The second-order valence-electron chi connectivity index (χ2n) is 4.24. The van der Waals surface area contributed by atoms with Gasteiger partial charge in [0.1, 0.15) is 0 Å². The molecule has 0 aliphatic heterocycles. The Morgan fingerprint density at radius 3 is 2.94 bits per heavy atom. The van der Waals surface area contributed by atoms with Crippen LogP contribution in [0.4, 0.5) is 0 Å². The smallest absolute Gasteiger partial charge is 0.0833 e. The maximum Gasteiger partial charge on any atom is 0.0833 e. The summed E-state index contributed by atoms with van der Waals surface area (Å²) in [6.07, 6.45) is 5.01. The molecule has 3 N–H and O–H groups in total. The molecule has 0 aromatic carbocycles. The summed E-state index contributed by atoms with van der Waals surface area (Å²) in [5, 5.41) is 4.34. The lowest BCUT2D eigenvalue weighted by Crippen LogP contribution is -2.27. The molecule has 0 spiro atoms. The van der Waals surface area contributed by atoms with Gasteiger partial charge < -0.3 is 0 Å². The van der Waals surface area contributed by atoms with Crippen LogP contribution in [0.1, 0.15) is 35.4 Å². The van der Waals surface area contributed by atoms with E-state index in [-0.39, 0.29) is 6.04 Å². The van der Waals surface area contributed by atoms with Crippen LogP contribution in [0.3, 0.4) is 0 Å². The van der Waals surface area contributed by atoms with E-state index in [1.54, 1.807) is 11.3 Å². The van der Waals surface area contributed by atoms with Gasteiger partial charge in [0.2, 0.25) is 0 Å². The van der Waals surface area contributed by atoms with Crippen molar-refractivity contribution in [2.75, 3.05) is 0 Å². The van der Waals surface area contributed by atoms with E-state index in [2.05, 4.69) is 52.6 Å². The largest absolute Gasteiger partial charge is 0.272 e. The van der Waals surface area contributed by atoms with Gasteiger partial charge in [0.25, 0.3) is 0 Å². The molecule has 0 saturated heterocycles. The molecular formula is C12H17BrN4S. The number of halogens is 1. The Bertz CT molecular complexity index is 500. The number of rotatable bonds is 5. The van der Waals surface area contributed by atoms with Crippen LogP contribution in [0.2, 0.25) is 0 Å². The van der Waals surface area contributed by atoms with Gasteiger partial charge in [-0.3, -0.25) is 10.5 Å². The Kier molecular flexibility index (Phi) is 4.55. The van der Waals surface area contributed by atoms with Crippen molar-refractivity contribution in [1.82, 2.24) is 15.2 Å². The predicted molar refractivity (Wildman–Crippen MR) is 78.4 cm³/mol. The average molecular weight is 329 g/mol. The van der Waals surface area contributed by atoms with E-state index in [9.17, 15) is 0 Å². The standard InChI is InChI=1S/C12H17BrN4S/c1-3-4-17-7-9(6-15-17)11(16-14)10-5-8(2)12(13)18-10/h5-7,11,16H,3-4,14H2,1-2H3. The summed E-state index contributed by atoms with van der Waals surface area (Å²) < 4.78 is 3.11. The zero-order valence-electron chi connectivity index (χ0n) is 10.5. The number of nitrogens with zero attached hydrogens (tertiary/aromatic N) is 2. The Morgan fingerprint density at radius 1 is 1.61 bits per heavy atom. The third-order valence-electron chi connectivity index (χ3n) is 2.77. The Labute approximate surface area is 119 Å². The van der Waals surface area contributed by atoms with Crippen molar-refractivity contribution < 1.29 is 0 Å². The van der Waals surface area contributed by atoms with Crippen LogP contribution in [0.5, 0.6) is 0 Å². The molecule has 98 valence electrons. The molecule has 2 aromatic rings. The van der Waals surface area contributed by atoms with E-state index in [0.29, 0.717) is 0 Å². The first-order valence-electron chi connectivity index (χ1n) is 5.90. The third kappa shape index (κ3) is 2.83. The van der Waals surface area contributed by atoms with Gasteiger partial charge in [-0.25, -0.2) is 5.43 Å². The third-order valence-corrected chi connectivity index (χ3v) is 4.97. The first-order valence-corrected chi connectivity index (χ1v) is 7.51. The van der Waals surface area contributed by atoms with E-state index in [1.165, 1.54) is 10.4 Å². The molecule has 4 nitrogen and oxygen atoms in total. The number of hydrazine groups is 1. The molecule has 1 unspecified atom stereocenters. The van der Waals surface area contributed by atoms with Crippen molar-refractivity contribution in [2.45, 2.75) is 32.9 Å². The lowest BCUT2D eigenvalue weighted by molar-refractivity contribution is 0.598. The molecular weight excluding hydrogens is 312 g/mol. The highest BCUT2D eigenvalue weighted by Crippen LogP contribution is 2.33. The van der Waals surface area contributed by atoms with E-state index in [4.69, 9.17) is 5.84 Å². The van der Waals surface area contributed by atoms with Gasteiger partial charge in [-0.05, 0) is 40.9 Å². The molecule has 0 radical (unpaired) electrons. The summed E-state index contributed by atoms with van der Waals surface area (Å²) in [6.45, 7) is 5.16. The molecule has 0 aliphatic carbocycles. The van der Waals surface area contributed by atoms with Crippen molar-refractivity contribution >= 4 is 27.3 Å². The quantitative estimate of drug-likeness (QED) is 0.655. The molecule has 2 heterocycles. The summed E-state index contributed by atoms with van der Waals surface area (Å²) in [5.74, 6) is 5.68. The molecule has 6 heteroatoms. The van der Waals surface area contributed by atoms with E-state index in [1.807, 2.05) is 10.9 Å². The maximum absolute atomic E-state index is 5.68. The number of hydrogen-bond acceptors (Lipinski definition) is 4. The van der Waals surface area contributed by atoms with Gasteiger partial charge in [-0.1, -0.05) is 6.92 Å². The molecule has 0 aliphatic rings. The van der Waals surface area contributed by atoms with Crippen molar-refractivity contribution in [3.8, 4) is 0 Å². The van der Waals surface area contributed by atoms with Crippen LogP contribution in [0.25, 0.3) is 0 Å². The highest BCUT2D eigenvalue weighted by atomic mass is 79.9. The van der Waals surface area contributed by atoms with Crippen LogP contribution in [-0.2, 0) is 6.54 Å². The van der Waals surface area contributed by atoms with E-state index >= 15 is 0 Å². The minimum atomic E-state index is 0.00519. The Morgan fingerprint density at radius 2 is 2.39 bits per heavy atom. The fourth-order valence-electron chi connectivity index (χ4n) is 1.85. The van der Waals surface area contributed by atoms with Gasteiger partial charge in [0.05, 0.1) is 16.0 Å². The van der Waals surface area contributed by atoms with Crippen LogP contribution in [0.15, 0.2) is 22.2 Å². The van der Waals surface area contributed by atoms with Gasteiger partial charge >= 0.3 is 0 Å². The zero-order chi connectivity index (χ0) is 13.1. The number of hydrogen-bond donors (Lipinski definition) is 2. The van der Waals surface area contributed by atoms with Crippen molar-refractivity contribution in [2.24, 2.45) is 5.84 Å². The highest BCUT2D eigenvalue weighted by molar-refractivity contribution is 9.11. The number of aryl methyl sites for hydroxylation is 2. The summed E-state index contributed by atoms with van der Waals surface area (Å²) in [7, 11) is 0. The molecule has 1 atom stereocenters. The highest BCUT2D eigenvalue weighted by Gasteiger charge is 2.17. The molecule has 2 aromatic heterocycles. The predicted octanol–water partition coefficient (Wildman–Crippen LogP) is 2.98. The zero-order valence-corrected chi connectivity index (χ0v) is 12.9. The van der Waals surface area contributed by atoms with Gasteiger partial charge in [-0.15, -0.1) is 11.3 Å². The lowest BCUT2D eigenvalue weighted by atomic mass is 10.1. The topological polar surface area (TPSA) is 55.9 Å². The Balaban J connectivity index is 2.26. The van der Waals surface area contributed by atoms with E-state index in [0.717, 1.165) is 22.3 Å². The second kappa shape index (κ2) is 5.97. The first kappa shape index (κ1) is 13.7. The fourth-order valence-corrected chi connectivity index (χ4v) is 3.51. The molecule has 18 heavy (non-hydrogen) atoms. The number of nitrogens with two attached hydrogens (primary N) is 1. The fraction of sp³-hybridized carbons (Fsp3) is 0.417. The Hall–Kier alpha value is -0.690. The average Bonchev–Trinajstić information content (AvgIpc) is 2.90. The van der Waals surface area contributed by atoms with Crippen molar-refractivity contribution in [3.63, 3.8) is 0 Å². The normalized spacial score (nSPS) is 12.9. The number of nitrogens with one attached hydrogen (secondary N) is 1. The van der Waals surface area contributed by atoms with Crippen LogP contribution in [0, 0.1) is 6.92 Å². The molecule has 2 rings (SSSR count). The van der Waals surface area contributed by atoms with Gasteiger partial charge in [0, 0.05) is 23.2 Å². The minimum absolute atomic E-state index is 0.00519. The molecule has 0 saturated carbocycles. The summed E-state index contributed by atoms with van der Waals surface area (Å²) in [4.78, 5) is 1.19. The number of thiophene rings is 1. The van der Waals surface area contributed by atoms with E-state index < -0.39 is 0 Å². The lowest BCUT2D eigenvalue weighted by Gasteiger charge is -2.11. The number of aromatic nitrogens is 2. The monoisotopic (exact) mass is 328 g/mol. The van der Waals surface area contributed by atoms with Crippen LogP contribution >= 0.6 is 27.3 Å². The summed E-state index contributed by atoms with van der Waals surface area (Å²) in [6, 6.07) is 2.15. The summed E-state index contributed by atoms with van der Waals surface area (Å²) in [5.41, 5.74) is 5.20. The molecule has 0 bridgehead atoms. The maximum atomic E-state index is 5.68. The van der Waals surface area contributed by atoms with Crippen molar-refractivity contribution in [1.29, 1.82) is 0 Å². The van der Waals surface area contributed by atoms with Crippen LogP contribution < -0.4 is 11.3 Å². The van der Waals surface area contributed by atoms with Crippen molar-refractivity contribution in [3.05, 3.63) is 38.3 Å². The molecule has 0 amide bonds. The second-order valence-corrected chi connectivity index (χ2v) is 6.64. The van der Waals surface area contributed by atoms with Gasteiger partial charge in [0.15, 0.2) is 0 Å².